The Bertz CT molecular complexity index is 422. The van der Waals surface area contributed by atoms with Crippen LogP contribution in [0.5, 0.6) is 0 Å². The van der Waals surface area contributed by atoms with Gasteiger partial charge in [-0.25, -0.2) is 8.78 Å². The molecule has 1 nitrogen and oxygen atoms in total. The first-order valence-electron chi connectivity index (χ1n) is 6.13. The first kappa shape index (κ1) is 11.1. The number of rotatable bonds is 4. The summed E-state index contributed by atoms with van der Waals surface area (Å²) in [6, 6.07) is 7.06. The Morgan fingerprint density at radius 3 is 2.47 bits per heavy atom. The van der Waals surface area contributed by atoms with Gasteiger partial charge in [0.15, 0.2) is 0 Å². The fraction of sp³-hybridized carbons (Fsp3) is 0.571. The van der Waals surface area contributed by atoms with Crippen LogP contribution >= 0.6 is 0 Å². The van der Waals surface area contributed by atoms with Crippen molar-refractivity contribution in [1.82, 2.24) is 5.32 Å². The van der Waals surface area contributed by atoms with Crippen molar-refractivity contribution in [1.29, 1.82) is 0 Å². The second-order valence-electron chi connectivity index (χ2n) is 5.73. The summed E-state index contributed by atoms with van der Waals surface area (Å²) < 4.78 is 25.9. The van der Waals surface area contributed by atoms with E-state index in [0.717, 1.165) is 31.4 Å². The second-order valence-corrected chi connectivity index (χ2v) is 5.73. The molecule has 3 aliphatic carbocycles. The molecule has 17 heavy (non-hydrogen) atoms. The topological polar surface area (TPSA) is 12.0 Å². The van der Waals surface area contributed by atoms with Gasteiger partial charge in [-0.1, -0.05) is 24.3 Å². The number of alkyl halides is 2. The maximum absolute atomic E-state index is 13.0. The predicted octanol–water partition coefficient (Wildman–Crippen LogP) is 3.27. The molecule has 0 heterocycles. The van der Waals surface area contributed by atoms with Gasteiger partial charge < -0.3 is 5.32 Å². The van der Waals surface area contributed by atoms with Crippen molar-refractivity contribution in [2.45, 2.75) is 31.1 Å². The quantitative estimate of drug-likeness (QED) is 0.847. The zero-order valence-corrected chi connectivity index (χ0v) is 9.97. The molecule has 0 spiro atoms. The summed E-state index contributed by atoms with van der Waals surface area (Å²) in [7, 11) is 1.96. The highest BCUT2D eigenvalue weighted by atomic mass is 19.3. The lowest BCUT2D eigenvalue weighted by atomic mass is 9.33. The first-order chi connectivity index (χ1) is 8.11. The molecule has 0 aromatic heterocycles. The highest BCUT2D eigenvalue weighted by Gasteiger charge is 2.68. The summed E-state index contributed by atoms with van der Waals surface area (Å²) in [5.74, 6) is 0. The van der Waals surface area contributed by atoms with Crippen molar-refractivity contribution in [3.8, 4) is 0 Å². The Kier molecular flexibility index (Phi) is 2.31. The average Bonchev–Trinajstić information content (AvgIpc) is 2.21. The van der Waals surface area contributed by atoms with Gasteiger partial charge in [-0.15, -0.1) is 0 Å². The van der Waals surface area contributed by atoms with E-state index in [0.29, 0.717) is 5.41 Å². The minimum Gasteiger partial charge on any atom is -0.319 e. The van der Waals surface area contributed by atoms with Crippen LogP contribution in [0.25, 0.3) is 0 Å². The maximum atomic E-state index is 13.0. The number of nitrogens with one attached hydrogen (secondary N) is 1. The molecule has 2 bridgehead atoms. The van der Waals surface area contributed by atoms with Gasteiger partial charge in [-0.05, 0) is 42.7 Å². The van der Waals surface area contributed by atoms with E-state index in [-0.39, 0.29) is 11.0 Å². The number of hydrogen-bond donors (Lipinski definition) is 1. The van der Waals surface area contributed by atoms with E-state index < -0.39 is 6.43 Å². The number of benzene rings is 1. The summed E-state index contributed by atoms with van der Waals surface area (Å²) in [5, 5.41) is 3.21. The Hall–Kier alpha value is -0.960. The lowest BCUT2D eigenvalue weighted by Gasteiger charge is -2.71. The summed E-state index contributed by atoms with van der Waals surface area (Å²) in [6.07, 6.45) is 0.875. The molecule has 0 unspecified atom stereocenters. The third-order valence-corrected chi connectivity index (χ3v) is 4.46. The molecule has 0 atom stereocenters. The van der Waals surface area contributed by atoms with Gasteiger partial charge in [0.2, 0.25) is 0 Å². The zero-order chi connectivity index (χ0) is 12.1. The minimum absolute atomic E-state index is 0.0733. The molecule has 3 fully saturated rings. The van der Waals surface area contributed by atoms with Crippen molar-refractivity contribution in [2.24, 2.45) is 5.41 Å². The van der Waals surface area contributed by atoms with Gasteiger partial charge in [0.25, 0.3) is 6.43 Å². The van der Waals surface area contributed by atoms with Gasteiger partial charge in [0, 0.05) is 12.1 Å². The van der Waals surface area contributed by atoms with E-state index in [2.05, 4.69) is 5.32 Å². The molecule has 0 radical (unpaired) electrons. The van der Waals surface area contributed by atoms with Crippen molar-refractivity contribution >= 4 is 0 Å². The van der Waals surface area contributed by atoms with Crippen molar-refractivity contribution in [2.75, 3.05) is 13.6 Å². The molecule has 0 aliphatic heterocycles. The van der Waals surface area contributed by atoms with E-state index in [1.807, 2.05) is 19.2 Å². The lowest BCUT2D eigenvalue weighted by Crippen LogP contribution is -2.67. The number of hydrogen-bond acceptors (Lipinski definition) is 1. The molecule has 92 valence electrons. The van der Waals surface area contributed by atoms with Gasteiger partial charge in [0.1, 0.15) is 0 Å². The highest BCUT2D eigenvalue weighted by molar-refractivity contribution is 5.44. The monoisotopic (exact) mass is 237 g/mol. The standard InChI is InChI=1S/C14H17F2N/c1-17-9-13-6-14(7-13,8-13)11-5-3-2-4-10(11)12(15)16/h2-5,12,17H,6-9H2,1H3. The molecule has 0 amide bonds. The Balaban J connectivity index is 1.84. The van der Waals surface area contributed by atoms with Crippen molar-refractivity contribution < 1.29 is 8.78 Å². The Morgan fingerprint density at radius 1 is 1.24 bits per heavy atom. The molecule has 4 rings (SSSR count). The van der Waals surface area contributed by atoms with Crippen LogP contribution in [0, 0.1) is 5.41 Å². The van der Waals surface area contributed by atoms with Crippen LogP contribution in [-0.4, -0.2) is 13.6 Å². The average molecular weight is 237 g/mol. The van der Waals surface area contributed by atoms with Gasteiger partial charge >= 0.3 is 0 Å². The van der Waals surface area contributed by atoms with Crippen molar-refractivity contribution in [3.63, 3.8) is 0 Å². The van der Waals surface area contributed by atoms with Crippen LogP contribution in [0.2, 0.25) is 0 Å². The third kappa shape index (κ3) is 1.45. The molecular formula is C14H17F2N. The van der Waals surface area contributed by atoms with E-state index in [4.69, 9.17) is 0 Å². The second kappa shape index (κ2) is 3.52. The zero-order valence-electron chi connectivity index (χ0n) is 9.97. The molecule has 3 aliphatic rings. The van der Waals surface area contributed by atoms with Crippen LogP contribution in [-0.2, 0) is 5.41 Å². The Morgan fingerprint density at radius 2 is 1.88 bits per heavy atom. The summed E-state index contributed by atoms with van der Waals surface area (Å²) in [5.41, 5.74) is 1.62. The summed E-state index contributed by atoms with van der Waals surface area (Å²) >= 11 is 0. The van der Waals surface area contributed by atoms with Crippen LogP contribution in [0.15, 0.2) is 24.3 Å². The third-order valence-electron chi connectivity index (χ3n) is 4.46. The molecule has 1 aromatic carbocycles. The van der Waals surface area contributed by atoms with E-state index in [1.54, 1.807) is 12.1 Å². The van der Waals surface area contributed by atoms with E-state index >= 15 is 0 Å². The fourth-order valence-corrected chi connectivity index (χ4v) is 4.02. The maximum Gasteiger partial charge on any atom is 0.264 e. The Labute approximate surface area is 100 Å². The summed E-state index contributed by atoms with van der Waals surface area (Å²) in [4.78, 5) is 0. The lowest BCUT2D eigenvalue weighted by molar-refractivity contribution is -0.138. The normalized spacial score (nSPS) is 34.4. The molecule has 3 heteroatoms. The van der Waals surface area contributed by atoms with Crippen LogP contribution in [0.4, 0.5) is 8.78 Å². The number of halogens is 2. The minimum atomic E-state index is -2.35. The van der Waals surface area contributed by atoms with Crippen LogP contribution in [0.1, 0.15) is 36.8 Å². The highest BCUT2D eigenvalue weighted by Crippen LogP contribution is 2.73. The van der Waals surface area contributed by atoms with Crippen LogP contribution in [0.3, 0.4) is 0 Å². The van der Waals surface area contributed by atoms with Gasteiger partial charge in [-0.2, -0.15) is 0 Å². The fourth-order valence-electron chi connectivity index (χ4n) is 4.02. The van der Waals surface area contributed by atoms with E-state index in [1.165, 1.54) is 0 Å². The molecule has 3 saturated carbocycles. The predicted molar refractivity (Wildman–Crippen MR) is 63.3 cm³/mol. The molecule has 0 saturated heterocycles. The summed E-state index contributed by atoms with van der Waals surface area (Å²) in [6.45, 7) is 1.02. The smallest absolute Gasteiger partial charge is 0.264 e. The molecular weight excluding hydrogens is 220 g/mol. The van der Waals surface area contributed by atoms with Crippen LogP contribution < -0.4 is 5.32 Å². The first-order valence-corrected chi connectivity index (χ1v) is 6.13. The van der Waals surface area contributed by atoms with Gasteiger partial charge in [0.05, 0.1) is 0 Å². The largest absolute Gasteiger partial charge is 0.319 e. The van der Waals surface area contributed by atoms with Crippen molar-refractivity contribution in [3.05, 3.63) is 35.4 Å². The van der Waals surface area contributed by atoms with Gasteiger partial charge in [-0.3, -0.25) is 0 Å². The SMILES string of the molecule is CNCC12CC(c3ccccc3C(F)F)(C1)C2. The molecule has 1 aromatic rings. The molecule has 1 N–H and O–H groups in total. The van der Waals surface area contributed by atoms with E-state index in [9.17, 15) is 8.78 Å².